The summed E-state index contributed by atoms with van der Waals surface area (Å²) in [5.41, 5.74) is 2.16. The Balaban J connectivity index is 1.37. The molecule has 1 heteroatoms. The first-order valence-electron chi connectivity index (χ1n) is 24.2. The van der Waals surface area contributed by atoms with Gasteiger partial charge in [0.25, 0.3) is 0 Å². The van der Waals surface area contributed by atoms with Gasteiger partial charge in [-0.15, -0.1) is 0 Å². The maximum absolute atomic E-state index is 10.1. The molecule has 0 radical (unpaired) electrons. The molecule has 57 heavy (non-hydrogen) atoms. The van der Waals surface area contributed by atoms with Crippen LogP contribution in [0.15, 0.2) is 236 Å². The van der Waals surface area contributed by atoms with Crippen molar-refractivity contribution >= 4 is 38.6 Å². The second kappa shape index (κ2) is 15.0. The lowest BCUT2D eigenvalue weighted by molar-refractivity contribution is 1.28. The van der Waals surface area contributed by atoms with Gasteiger partial charge in [0, 0.05) is 16.9 Å². The average Bonchev–Trinajstić information content (AvgIpc) is 3.36. The molecule has 0 saturated carbocycles. The largest absolute Gasteiger partial charge is 0.310 e. The van der Waals surface area contributed by atoms with Crippen molar-refractivity contribution < 1.29 is 15.1 Å². The number of benzene rings is 10. The standard InChI is InChI=1S/C56H39N/c1-4-16-40(17-5-1)46-33-37-55(54(39-46)42-18-6-2-7-19-42)57(49-26-14-25-47(38-49)51-29-15-24-41-20-10-12-27-50(41)51)48-34-30-44(31-35-48)53-36-32-43-21-11-13-28-52(43)56(53)45-22-8-3-9-23-45/h1-39H/i14D,25D,26D,30D,31D,33D,34D,35D,37D,38D,39D. The van der Waals surface area contributed by atoms with E-state index in [9.17, 15) is 15.1 Å². The molecule has 10 aromatic rings. The van der Waals surface area contributed by atoms with Gasteiger partial charge in [0.05, 0.1) is 20.8 Å². The summed E-state index contributed by atoms with van der Waals surface area (Å²) >= 11 is 0. The van der Waals surface area contributed by atoms with Gasteiger partial charge < -0.3 is 4.90 Å². The Morgan fingerprint density at radius 2 is 0.912 bits per heavy atom. The predicted molar refractivity (Wildman–Crippen MR) is 243 cm³/mol. The fourth-order valence-corrected chi connectivity index (χ4v) is 7.44. The molecular formula is C56H39N. The molecule has 0 fully saturated rings. The van der Waals surface area contributed by atoms with Crippen LogP contribution in [0.5, 0.6) is 0 Å². The summed E-state index contributed by atoms with van der Waals surface area (Å²) in [5.74, 6) is 0. The van der Waals surface area contributed by atoms with E-state index in [1.165, 1.54) is 0 Å². The van der Waals surface area contributed by atoms with Crippen molar-refractivity contribution in [2.24, 2.45) is 0 Å². The lowest BCUT2D eigenvalue weighted by Gasteiger charge is -2.29. The Kier molecular flexibility index (Phi) is 6.34. The summed E-state index contributed by atoms with van der Waals surface area (Å²) in [6, 6.07) is 45.7. The molecule has 0 aliphatic heterocycles. The van der Waals surface area contributed by atoms with Crippen LogP contribution in [0.4, 0.5) is 17.1 Å². The minimum absolute atomic E-state index is 0.0132. The van der Waals surface area contributed by atoms with Gasteiger partial charge in [-0.3, -0.25) is 0 Å². The second-order valence-corrected chi connectivity index (χ2v) is 13.6. The Labute approximate surface area is 349 Å². The zero-order chi connectivity index (χ0) is 47.5. The van der Waals surface area contributed by atoms with Gasteiger partial charge in [-0.2, -0.15) is 0 Å². The molecule has 0 amide bonds. The van der Waals surface area contributed by atoms with Crippen LogP contribution in [0.3, 0.4) is 0 Å². The van der Waals surface area contributed by atoms with E-state index in [2.05, 4.69) is 0 Å². The SMILES string of the molecule is [2H]c1c([2H])c(-c2cccc3ccccc23)c([2H])c(N(c2c([2H])c([2H])c(-c3ccc4ccccc4c3-c3ccccc3)c([2H])c2[2H])c2c([2H])c([2H])c(-c3ccccc3)c([2H])c2-c2ccccc2)c1[2H]. The summed E-state index contributed by atoms with van der Waals surface area (Å²) < 4.78 is 108. The van der Waals surface area contributed by atoms with Gasteiger partial charge >= 0.3 is 0 Å². The molecule has 10 aromatic carbocycles. The van der Waals surface area contributed by atoms with Gasteiger partial charge in [0.1, 0.15) is 0 Å². The summed E-state index contributed by atoms with van der Waals surface area (Å²) in [4.78, 5) is 1.11. The van der Waals surface area contributed by atoms with Gasteiger partial charge in [-0.25, -0.2) is 0 Å². The smallest absolute Gasteiger partial charge is 0.0651 e. The summed E-state index contributed by atoms with van der Waals surface area (Å²) in [6.07, 6.45) is 0. The molecule has 0 unspecified atom stereocenters. The monoisotopic (exact) mass is 736 g/mol. The van der Waals surface area contributed by atoms with E-state index >= 15 is 0 Å². The zero-order valence-electron chi connectivity index (χ0n) is 41.6. The fourth-order valence-electron chi connectivity index (χ4n) is 7.44. The van der Waals surface area contributed by atoms with Crippen molar-refractivity contribution in [1.29, 1.82) is 0 Å². The number of rotatable bonds is 8. The van der Waals surface area contributed by atoms with Crippen LogP contribution in [0.1, 0.15) is 15.1 Å². The van der Waals surface area contributed by atoms with E-state index in [-0.39, 0.29) is 34.0 Å². The highest BCUT2D eigenvalue weighted by molar-refractivity contribution is 6.04. The maximum atomic E-state index is 10.1. The molecular weight excluding hydrogens is 687 g/mol. The van der Waals surface area contributed by atoms with Crippen molar-refractivity contribution in [2.75, 3.05) is 4.90 Å². The molecule has 0 aliphatic rings. The molecule has 10 rings (SSSR count). The second-order valence-electron chi connectivity index (χ2n) is 13.6. The molecule has 0 aliphatic carbocycles. The molecule has 0 atom stereocenters. The van der Waals surface area contributed by atoms with Crippen molar-refractivity contribution in [2.45, 2.75) is 0 Å². The van der Waals surface area contributed by atoms with E-state index in [0.717, 1.165) is 26.6 Å². The van der Waals surface area contributed by atoms with E-state index in [1.54, 1.807) is 78.9 Å². The molecule has 0 spiro atoms. The molecule has 0 heterocycles. The van der Waals surface area contributed by atoms with Crippen molar-refractivity contribution in [3.8, 4) is 55.6 Å². The molecule has 0 saturated heterocycles. The first-order valence-corrected chi connectivity index (χ1v) is 18.7. The van der Waals surface area contributed by atoms with Gasteiger partial charge in [0.2, 0.25) is 0 Å². The van der Waals surface area contributed by atoms with E-state index in [0.29, 0.717) is 33.2 Å². The normalized spacial score (nSPS) is 13.9. The van der Waals surface area contributed by atoms with Crippen LogP contribution in [0, 0.1) is 0 Å². The zero-order valence-corrected chi connectivity index (χ0v) is 30.6. The topological polar surface area (TPSA) is 3.24 Å². The first kappa shape index (κ1) is 24.1. The average molecular weight is 737 g/mol. The number of fused-ring (bicyclic) bond motifs is 2. The lowest BCUT2D eigenvalue weighted by atomic mass is 9.89. The van der Waals surface area contributed by atoms with Crippen LogP contribution in [0.2, 0.25) is 0 Å². The van der Waals surface area contributed by atoms with Crippen LogP contribution in [-0.4, -0.2) is 0 Å². The third-order valence-corrected chi connectivity index (χ3v) is 10.1. The summed E-state index contributed by atoms with van der Waals surface area (Å²) in [5, 5.41) is 3.17. The lowest BCUT2D eigenvalue weighted by Crippen LogP contribution is -2.11. The molecule has 0 aromatic heterocycles. The molecule has 1 nitrogen and oxygen atoms in total. The minimum atomic E-state index is -0.658. The highest BCUT2D eigenvalue weighted by atomic mass is 15.1. The third-order valence-electron chi connectivity index (χ3n) is 10.1. The minimum Gasteiger partial charge on any atom is -0.310 e. The highest BCUT2D eigenvalue weighted by Gasteiger charge is 2.20. The predicted octanol–water partition coefficient (Wildman–Crippen LogP) is 15.8. The quantitative estimate of drug-likeness (QED) is 0.150. The van der Waals surface area contributed by atoms with E-state index in [4.69, 9.17) is 0 Å². The summed E-state index contributed by atoms with van der Waals surface area (Å²) in [7, 11) is 0. The van der Waals surface area contributed by atoms with Crippen molar-refractivity contribution in [3.05, 3.63) is 236 Å². The Bertz CT molecular complexity index is 3600. The highest BCUT2D eigenvalue weighted by Crippen LogP contribution is 2.45. The molecule has 268 valence electrons. The van der Waals surface area contributed by atoms with Crippen molar-refractivity contribution in [3.63, 3.8) is 0 Å². The Morgan fingerprint density at radius 3 is 1.65 bits per heavy atom. The van der Waals surface area contributed by atoms with Crippen LogP contribution in [0.25, 0.3) is 77.2 Å². The van der Waals surface area contributed by atoms with Crippen LogP contribution >= 0.6 is 0 Å². The van der Waals surface area contributed by atoms with E-state index < -0.39 is 71.8 Å². The number of hydrogen-bond donors (Lipinski definition) is 0. The molecule has 0 N–H and O–H groups in total. The fraction of sp³-hybridized carbons (Fsp3) is 0. The number of anilines is 3. The van der Waals surface area contributed by atoms with Crippen LogP contribution in [-0.2, 0) is 0 Å². The van der Waals surface area contributed by atoms with Gasteiger partial charge in [-0.05, 0) is 108 Å². The third kappa shape index (κ3) is 6.56. The summed E-state index contributed by atoms with van der Waals surface area (Å²) in [6.45, 7) is 0. The van der Waals surface area contributed by atoms with Gasteiger partial charge in [-0.1, -0.05) is 200 Å². The maximum Gasteiger partial charge on any atom is 0.0651 e. The van der Waals surface area contributed by atoms with Gasteiger partial charge in [0.15, 0.2) is 0 Å². The first-order chi connectivity index (χ1) is 32.9. The number of hydrogen-bond acceptors (Lipinski definition) is 1. The molecule has 0 bridgehead atoms. The Morgan fingerprint density at radius 1 is 0.316 bits per heavy atom. The van der Waals surface area contributed by atoms with E-state index in [1.807, 2.05) is 91.0 Å². The van der Waals surface area contributed by atoms with Crippen LogP contribution < -0.4 is 4.90 Å². The van der Waals surface area contributed by atoms with Crippen molar-refractivity contribution in [1.82, 2.24) is 0 Å². The Hall–Kier alpha value is -7.48. The number of nitrogens with zero attached hydrogens (tertiary/aromatic N) is 1.